The number of carbonyl (C=O) groups excluding carboxylic acids is 1. The molecule has 5 nitrogen and oxygen atoms in total. The Morgan fingerprint density at radius 1 is 1.58 bits per heavy atom. The van der Waals surface area contributed by atoms with Gasteiger partial charge in [0.2, 0.25) is 0 Å². The van der Waals surface area contributed by atoms with E-state index in [1.807, 2.05) is 13.0 Å². The van der Waals surface area contributed by atoms with Gasteiger partial charge in [-0.15, -0.1) is 0 Å². The number of anilines is 2. The second kappa shape index (κ2) is 6.59. The first kappa shape index (κ1) is 14.8. The second-order valence-electron chi connectivity index (χ2n) is 3.87. The van der Waals surface area contributed by atoms with Crippen LogP contribution in [0.15, 0.2) is 12.1 Å². The van der Waals surface area contributed by atoms with Crippen molar-refractivity contribution in [3.8, 4) is 6.07 Å². The van der Waals surface area contributed by atoms with Crippen LogP contribution in [0.25, 0.3) is 0 Å². The largest absolute Gasteiger partial charge is 0.465 e. The molecule has 0 heterocycles. The number of halogens is 1. The summed E-state index contributed by atoms with van der Waals surface area (Å²) in [7, 11) is 1.23. The molecule has 1 rings (SSSR count). The van der Waals surface area contributed by atoms with Crippen LogP contribution in [0.3, 0.4) is 0 Å². The zero-order chi connectivity index (χ0) is 14.4. The molecule has 6 heteroatoms. The first-order chi connectivity index (χ1) is 9.04. The molecule has 0 radical (unpaired) electrons. The highest BCUT2D eigenvalue weighted by Gasteiger charge is 2.17. The van der Waals surface area contributed by atoms with Gasteiger partial charge >= 0.3 is 5.97 Å². The number of hydrogen-bond donors (Lipinski definition) is 1. The first-order valence-corrected chi connectivity index (χ1v) is 5.84. The predicted octanol–water partition coefficient (Wildman–Crippen LogP) is 1.93. The van der Waals surface area contributed by atoms with E-state index < -0.39 is 11.8 Å². The van der Waals surface area contributed by atoms with Crippen molar-refractivity contribution in [3.63, 3.8) is 0 Å². The highest BCUT2D eigenvalue weighted by Crippen LogP contribution is 2.26. The number of esters is 1. The van der Waals surface area contributed by atoms with Gasteiger partial charge in [0.25, 0.3) is 0 Å². The van der Waals surface area contributed by atoms with Gasteiger partial charge in [0.15, 0.2) is 0 Å². The van der Waals surface area contributed by atoms with E-state index in [0.29, 0.717) is 13.1 Å². The van der Waals surface area contributed by atoms with E-state index in [2.05, 4.69) is 4.74 Å². The molecule has 1 aromatic rings. The molecule has 0 aliphatic heterocycles. The third-order valence-electron chi connectivity index (χ3n) is 2.74. The summed E-state index contributed by atoms with van der Waals surface area (Å²) in [6, 6.07) is 4.45. The molecule has 0 fully saturated rings. The number of rotatable bonds is 5. The van der Waals surface area contributed by atoms with E-state index in [-0.39, 0.29) is 23.4 Å². The lowest BCUT2D eigenvalue weighted by atomic mass is 10.1. The number of methoxy groups -OCH3 is 1. The molecule has 19 heavy (non-hydrogen) atoms. The highest BCUT2D eigenvalue weighted by atomic mass is 19.1. The maximum absolute atomic E-state index is 13.9. The summed E-state index contributed by atoms with van der Waals surface area (Å²) in [6.45, 7) is 2.74. The maximum atomic E-state index is 13.9. The number of ether oxygens (including phenoxy) is 1. The molecule has 0 saturated heterocycles. The minimum atomic E-state index is -0.616. The molecule has 0 aliphatic carbocycles. The number of nitrogens with two attached hydrogens (primary N) is 1. The van der Waals surface area contributed by atoms with Crippen LogP contribution in [0.4, 0.5) is 15.8 Å². The molecule has 102 valence electrons. The van der Waals surface area contributed by atoms with E-state index in [1.54, 1.807) is 4.90 Å². The minimum absolute atomic E-state index is 0.0319. The standard InChI is InChI=1S/C13H16FN3O2/c1-3-17(6-4-5-15)12-7-9(13(18)19-2)11(16)8-10(12)14/h7-8H,3-4,6,16H2,1-2H3. The zero-order valence-electron chi connectivity index (χ0n) is 10.9. The normalized spacial score (nSPS) is 9.79. The number of hydrogen-bond acceptors (Lipinski definition) is 5. The van der Waals surface area contributed by atoms with E-state index in [0.717, 1.165) is 6.07 Å². The number of carbonyl (C=O) groups is 1. The fourth-order valence-corrected chi connectivity index (χ4v) is 1.74. The quantitative estimate of drug-likeness (QED) is 0.650. The lowest BCUT2D eigenvalue weighted by Crippen LogP contribution is -2.25. The Morgan fingerprint density at radius 2 is 2.26 bits per heavy atom. The molecule has 0 aliphatic rings. The van der Waals surface area contributed by atoms with Crippen LogP contribution in [-0.4, -0.2) is 26.2 Å². The maximum Gasteiger partial charge on any atom is 0.340 e. The number of nitriles is 1. The van der Waals surface area contributed by atoms with Crippen molar-refractivity contribution in [2.75, 3.05) is 30.8 Å². The van der Waals surface area contributed by atoms with E-state index in [4.69, 9.17) is 11.0 Å². The van der Waals surface area contributed by atoms with Crippen LogP contribution >= 0.6 is 0 Å². The van der Waals surface area contributed by atoms with Gasteiger partial charge in [0.05, 0.1) is 30.9 Å². The first-order valence-electron chi connectivity index (χ1n) is 5.84. The summed E-state index contributed by atoms with van der Waals surface area (Å²) in [4.78, 5) is 13.2. The third-order valence-corrected chi connectivity index (χ3v) is 2.74. The molecule has 2 N–H and O–H groups in total. The topological polar surface area (TPSA) is 79.3 Å². The lowest BCUT2D eigenvalue weighted by Gasteiger charge is -2.23. The molecule has 0 unspecified atom stereocenters. The highest BCUT2D eigenvalue weighted by molar-refractivity contribution is 5.96. The summed E-state index contributed by atoms with van der Waals surface area (Å²) in [5.74, 6) is -1.14. The van der Waals surface area contributed by atoms with Crippen LogP contribution in [0, 0.1) is 17.1 Å². The summed E-state index contributed by atoms with van der Waals surface area (Å²) >= 11 is 0. The Morgan fingerprint density at radius 3 is 2.79 bits per heavy atom. The Bertz CT molecular complexity index is 511. The fraction of sp³-hybridized carbons (Fsp3) is 0.385. The summed E-state index contributed by atoms with van der Waals surface area (Å²) < 4.78 is 18.5. The van der Waals surface area contributed by atoms with Crippen molar-refractivity contribution in [1.29, 1.82) is 5.26 Å². The third kappa shape index (κ3) is 3.35. The smallest absolute Gasteiger partial charge is 0.340 e. The van der Waals surface area contributed by atoms with Gasteiger partial charge in [-0.3, -0.25) is 0 Å². The monoisotopic (exact) mass is 265 g/mol. The molecule has 0 spiro atoms. The van der Waals surface area contributed by atoms with E-state index in [9.17, 15) is 9.18 Å². The Labute approximate surface area is 111 Å². The molecular formula is C13H16FN3O2. The van der Waals surface area contributed by atoms with Crippen molar-refractivity contribution in [3.05, 3.63) is 23.5 Å². The van der Waals surface area contributed by atoms with E-state index >= 15 is 0 Å². The summed E-state index contributed by atoms with van der Waals surface area (Å²) in [5.41, 5.74) is 5.99. The van der Waals surface area contributed by atoms with E-state index in [1.165, 1.54) is 13.2 Å². The molecule has 0 bridgehead atoms. The Kier molecular flexibility index (Phi) is 5.12. The van der Waals surface area contributed by atoms with Gasteiger partial charge in [-0.05, 0) is 19.1 Å². The SMILES string of the molecule is CCN(CCC#N)c1cc(C(=O)OC)c(N)cc1F. The molecule has 0 atom stereocenters. The Hall–Kier alpha value is -2.29. The minimum Gasteiger partial charge on any atom is -0.465 e. The van der Waals surface area contributed by atoms with Crippen molar-refractivity contribution in [2.24, 2.45) is 0 Å². The van der Waals surface area contributed by atoms with Crippen LogP contribution in [0.2, 0.25) is 0 Å². The second-order valence-corrected chi connectivity index (χ2v) is 3.87. The predicted molar refractivity (Wildman–Crippen MR) is 70.3 cm³/mol. The van der Waals surface area contributed by atoms with Crippen LogP contribution in [-0.2, 0) is 4.74 Å². The van der Waals surface area contributed by atoms with Gasteiger partial charge in [-0.25, -0.2) is 9.18 Å². The number of benzene rings is 1. The van der Waals surface area contributed by atoms with Crippen LogP contribution < -0.4 is 10.6 Å². The summed E-state index contributed by atoms with van der Waals surface area (Å²) in [6.07, 6.45) is 0.269. The zero-order valence-corrected chi connectivity index (χ0v) is 10.9. The van der Waals surface area contributed by atoms with Crippen LogP contribution in [0.1, 0.15) is 23.7 Å². The molecular weight excluding hydrogens is 249 g/mol. The average Bonchev–Trinajstić information content (AvgIpc) is 2.40. The lowest BCUT2D eigenvalue weighted by molar-refractivity contribution is 0.0602. The van der Waals surface area contributed by atoms with Crippen molar-refractivity contribution < 1.29 is 13.9 Å². The van der Waals surface area contributed by atoms with Gasteiger partial charge in [0.1, 0.15) is 5.82 Å². The molecule has 0 amide bonds. The molecule has 0 aromatic heterocycles. The van der Waals surface area contributed by atoms with Gasteiger partial charge < -0.3 is 15.4 Å². The van der Waals surface area contributed by atoms with Crippen molar-refractivity contribution >= 4 is 17.3 Å². The number of nitrogen functional groups attached to an aromatic ring is 1. The Balaban J connectivity index is 3.19. The van der Waals surface area contributed by atoms with Gasteiger partial charge in [-0.2, -0.15) is 5.26 Å². The average molecular weight is 265 g/mol. The van der Waals surface area contributed by atoms with Gasteiger partial charge in [-0.1, -0.05) is 0 Å². The van der Waals surface area contributed by atoms with Crippen molar-refractivity contribution in [2.45, 2.75) is 13.3 Å². The number of nitrogens with zero attached hydrogens (tertiary/aromatic N) is 2. The van der Waals surface area contributed by atoms with Crippen molar-refractivity contribution in [1.82, 2.24) is 0 Å². The summed E-state index contributed by atoms with van der Waals surface area (Å²) in [5, 5.41) is 8.59. The molecule has 1 aromatic carbocycles. The fourth-order valence-electron chi connectivity index (χ4n) is 1.74. The molecule has 0 saturated carbocycles. The van der Waals surface area contributed by atoms with Gasteiger partial charge in [0, 0.05) is 18.8 Å². The van der Waals surface area contributed by atoms with Crippen LogP contribution in [0.5, 0.6) is 0 Å².